The molecule has 2 amide bonds. The Labute approximate surface area is 96.9 Å². The van der Waals surface area contributed by atoms with Crippen molar-refractivity contribution in [2.75, 3.05) is 19.8 Å². The van der Waals surface area contributed by atoms with Crippen LogP contribution in [0.1, 0.15) is 27.2 Å². The summed E-state index contributed by atoms with van der Waals surface area (Å²) < 4.78 is 11.0. The first kappa shape index (κ1) is 13.3. The van der Waals surface area contributed by atoms with Crippen molar-refractivity contribution in [1.82, 2.24) is 4.90 Å². The van der Waals surface area contributed by atoms with Crippen LogP contribution in [0.4, 0.5) is 4.79 Å². The number of hydrogen-bond acceptors (Lipinski definition) is 3. The molecule has 2 atom stereocenters. The lowest BCUT2D eigenvalue weighted by Crippen LogP contribution is -2.42. The van der Waals surface area contributed by atoms with Crippen LogP contribution in [0, 0.1) is 0 Å². The van der Waals surface area contributed by atoms with Crippen molar-refractivity contribution < 1.29 is 14.3 Å². The Hall–Kier alpha value is -0.810. The number of carbonyl (C=O) groups is 1. The van der Waals surface area contributed by atoms with Crippen molar-refractivity contribution in [3.63, 3.8) is 0 Å². The molecule has 0 aromatic rings. The molecule has 0 unspecified atom stereocenters. The first-order valence-corrected chi connectivity index (χ1v) is 5.83. The second kappa shape index (κ2) is 6.06. The zero-order valence-corrected chi connectivity index (χ0v) is 10.3. The Balaban J connectivity index is 2.50. The number of urea groups is 1. The molecule has 0 aliphatic carbocycles. The SMILES string of the molecule is CCOC[C@@H]1C[C@@H](OC(C)C)CN1C(N)=O. The van der Waals surface area contributed by atoms with Gasteiger partial charge in [0.2, 0.25) is 0 Å². The fourth-order valence-corrected chi connectivity index (χ4v) is 2.04. The highest BCUT2D eigenvalue weighted by Crippen LogP contribution is 2.21. The molecule has 16 heavy (non-hydrogen) atoms. The monoisotopic (exact) mass is 230 g/mol. The maximum Gasteiger partial charge on any atom is 0.315 e. The zero-order chi connectivity index (χ0) is 12.1. The van der Waals surface area contributed by atoms with Gasteiger partial charge in [-0.25, -0.2) is 4.79 Å². The molecule has 0 saturated carbocycles. The molecule has 2 N–H and O–H groups in total. The number of nitrogens with two attached hydrogens (primary N) is 1. The van der Waals surface area contributed by atoms with Gasteiger partial charge < -0.3 is 20.1 Å². The molecule has 0 radical (unpaired) electrons. The van der Waals surface area contributed by atoms with Gasteiger partial charge in [0.25, 0.3) is 0 Å². The van der Waals surface area contributed by atoms with Crippen LogP contribution in [0.25, 0.3) is 0 Å². The molecule has 1 rings (SSSR count). The van der Waals surface area contributed by atoms with Crippen LogP contribution in [-0.4, -0.2) is 48.9 Å². The smallest absolute Gasteiger partial charge is 0.315 e. The molecule has 1 heterocycles. The van der Waals surface area contributed by atoms with Crippen LogP contribution in [-0.2, 0) is 9.47 Å². The van der Waals surface area contributed by atoms with Gasteiger partial charge in [0.05, 0.1) is 24.9 Å². The molecule has 94 valence electrons. The number of likely N-dealkylation sites (tertiary alicyclic amines) is 1. The topological polar surface area (TPSA) is 64.8 Å². The fourth-order valence-electron chi connectivity index (χ4n) is 2.04. The highest BCUT2D eigenvalue weighted by molar-refractivity contribution is 5.72. The summed E-state index contributed by atoms with van der Waals surface area (Å²) in [7, 11) is 0. The standard InChI is InChI=1S/C11H22N2O3/c1-4-15-7-9-5-10(16-8(2)3)6-13(9)11(12)14/h8-10H,4-7H2,1-3H3,(H2,12,14)/t9-,10+/m0/s1. The number of amides is 2. The van der Waals surface area contributed by atoms with E-state index in [1.807, 2.05) is 20.8 Å². The van der Waals surface area contributed by atoms with Crippen LogP contribution >= 0.6 is 0 Å². The second-order valence-electron chi connectivity index (χ2n) is 4.35. The third kappa shape index (κ3) is 3.64. The van der Waals surface area contributed by atoms with Crippen LogP contribution in [0.3, 0.4) is 0 Å². The number of ether oxygens (including phenoxy) is 2. The minimum absolute atomic E-state index is 0.0567. The second-order valence-corrected chi connectivity index (χ2v) is 4.35. The average Bonchev–Trinajstić information content (AvgIpc) is 2.57. The summed E-state index contributed by atoms with van der Waals surface area (Å²) in [5.41, 5.74) is 5.33. The molecule has 0 aromatic carbocycles. The van der Waals surface area contributed by atoms with Gasteiger partial charge in [-0.1, -0.05) is 0 Å². The Morgan fingerprint density at radius 2 is 2.25 bits per heavy atom. The lowest BCUT2D eigenvalue weighted by atomic mass is 10.2. The Bertz CT molecular complexity index is 233. The lowest BCUT2D eigenvalue weighted by molar-refractivity contribution is 0.0148. The Morgan fingerprint density at radius 3 is 2.75 bits per heavy atom. The van der Waals surface area contributed by atoms with Gasteiger partial charge in [0.1, 0.15) is 0 Å². The molecule has 0 spiro atoms. The molecule has 0 bridgehead atoms. The van der Waals surface area contributed by atoms with E-state index in [0.717, 1.165) is 6.42 Å². The molecule has 1 aliphatic heterocycles. The number of rotatable bonds is 5. The Morgan fingerprint density at radius 1 is 1.56 bits per heavy atom. The zero-order valence-electron chi connectivity index (χ0n) is 10.3. The largest absolute Gasteiger partial charge is 0.380 e. The van der Waals surface area contributed by atoms with Crippen molar-refractivity contribution in [2.45, 2.75) is 45.4 Å². The van der Waals surface area contributed by atoms with Crippen LogP contribution in [0.15, 0.2) is 0 Å². The maximum atomic E-state index is 11.2. The number of primary amides is 1. The molecule has 1 fully saturated rings. The van der Waals surface area contributed by atoms with Gasteiger partial charge in [-0.3, -0.25) is 0 Å². The maximum absolute atomic E-state index is 11.2. The van der Waals surface area contributed by atoms with E-state index in [1.165, 1.54) is 0 Å². The number of carbonyl (C=O) groups excluding carboxylic acids is 1. The van der Waals surface area contributed by atoms with Gasteiger partial charge >= 0.3 is 6.03 Å². The third-order valence-corrected chi connectivity index (χ3v) is 2.64. The first-order valence-electron chi connectivity index (χ1n) is 5.83. The van der Waals surface area contributed by atoms with E-state index in [1.54, 1.807) is 4.90 Å². The number of nitrogens with zero attached hydrogens (tertiary/aromatic N) is 1. The van der Waals surface area contributed by atoms with E-state index >= 15 is 0 Å². The summed E-state index contributed by atoms with van der Waals surface area (Å²) >= 11 is 0. The van der Waals surface area contributed by atoms with Crippen LogP contribution in [0.5, 0.6) is 0 Å². The van der Waals surface area contributed by atoms with Gasteiger partial charge in [0.15, 0.2) is 0 Å². The lowest BCUT2D eigenvalue weighted by Gasteiger charge is -2.21. The number of hydrogen-bond donors (Lipinski definition) is 1. The minimum Gasteiger partial charge on any atom is -0.380 e. The molecule has 5 nitrogen and oxygen atoms in total. The van der Waals surface area contributed by atoms with Gasteiger partial charge in [-0.2, -0.15) is 0 Å². The van der Waals surface area contributed by atoms with E-state index in [2.05, 4.69) is 0 Å². The molecular weight excluding hydrogens is 208 g/mol. The van der Waals surface area contributed by atoms with E-state index < -0.39 is 0 Å². The normalized spacial score (nSPS) is 25.4. The third-order valence-electron chi connectivity index (χ3n) is 2.64. The quantitative estimate of drug-likeness (QED) is 0.765. The highest BCUT2D eigenvalue weighted by Gasteiger charge is 2.35. The molecule has 5 heteroatoms. The summed E-state index contributed by atoms with van der Waals surface area (Å²) in [4.78, 5) is 12.9. The van der Waals surface area contributed by atoms with Crippen molar-refractivity contribution >= 4 is 6.03 Å². The van der Waals surface area contributed by atoms with E-state index in [-0.39, 0.29) is 24.3 Å². The molecular formula is C11H22N2O3. The van der Waals surface area contributed by atoms with Crippen LogP contribution in [0.2, 0.25) is 0 Å². The van der Waals surface area contributed by atoms with Gasteiger partial charge in [0, 0.05) is 13.2 Å². The van der Waals surface area contributed by atoms with Crippen LogP contribution < -0.4 is 5.73 Å². The highest BCUT2D eigenvalue weighted by atomic mass is 16.5. The van der Waals surface area contributed by atoms with E-state index in [9.17, 15) is 4.79 Å². The predicted molar refractivity (Wildman–Crippen MR) is 61.2 cm³/mol. The summed E-state index contributed by atoms with van der Waals surface area (Å²) in [5, 5.41) is 0. The molecule has 1 saturated heterocycles. The minimum atomic E-state index is -0.389. The summed E-state index contributed by atoms with van der Waals surface area (Å²) in [6, 6.07) is -0.333. The summed E-state index contributed by atoms with van der Waals surface area (Å²) in [5.74, 6) is 0. The van der Waals surface area contributed by atoms with Crippen molar-refractivity contribution in [2.24, 2.45) is 5.73 Å². The van der Waals surface area contributed by atoms with E-state index in [4.69, 9.17) is 15.2 Å². The van der Waals surface area contributed by atoms with Crippen molar-refractivity contribution in [1.29, 1.82) is 0 Å². The van der Waals surface area contributed by atoms with Gasteiger partial charge in [-0.15, -0.1) is 0 Å². The first-order chi connectivity index (χ1) is 7.54. The van der Waals surface area contributed by atoms with Gasteiger partial charge in [-0.05, 0) is 27.2 Å². The molecule has 1 aliphatic rings. The predicted octanol–water partition coefficient (Wildman–Crippen LogP) is 0.970. The molecule has 0 aromatic heterocycles. The van der Waals surface area contributed by atoms with Crippen molar-refractivity contribution in [3.8, 4) is 0 Å². The van der Waals surface area contributed by atoms with E-state index in [0.29, 0.717) is 19.8 Å². The summed E-state index contributed by atoms with van der Waals surface area (Å²) in [6.07, 6.45) is 1.06. The summed E-state index contributed by atoms with van der Waals surface area (Å²) in [6.45, 7) is 7.68. The fraction of sp³-hybridized carbons (Fsp3) is 0.909. The average molecular weight is 230 g/mol. The Kier molecular flexibility index (Phi) is 5.02. The van der Waals surface area contributed by atoms with Crippen molar-refractivity contribution in [3.05, 3.63) is 0 Å².